The monoisotopic (exact) mass is 540 g/mol. The van der Waals surface area contributed by atoms with Crippen LogP contribution in [0.2, 0.25) is 0 Å². The van der Waals surface area contributed by atoms with E-state index < -0.39 is 47.2 Å². The molecule has 0 spiro atoms. The lowest BCUT2D eigenvalue weighted by Gasteiger charge is -2.36. The number of nitrogens with one attached hydrogen (secondary N) is 1. The first-order valence-corrected chi connectivity index (χ1v) is 13.1. The second-order valence-corrected chi connectivity index (χ2v) is 10.00. The smallest absolute Gasteiger partial charge is 0.269 e. The standard InChI is InChI=1S/C30H28F4N2O3/c31-20-9-6-18(7-10-20)28(29(37)35-23-4-2-1-3-5-23)36(25-13-11-22(33)17-24(25)34)30(38)27-14-8-19-16-21(32)12-15-26(19)39-27/h6-7,9-13,15-17,23,27-28H,1-5,8,14H2,(H,35,37). The van der Waals surface area contributed by atoms with Crippen molar-refractivity contribution in [3.8, 4) is 5.75 Å². The Morgan fingerprint density at radius 3 is 2.21 bits per heavy atom. The predicted octanol–water partition coefficient (Wildman–Crippen LogP) is 6.16. The number of aryl methyl sites for hydroxylation is 1. The third kappa shape index (κ3) is 5.92. The van der Waals surface area contributed by atoms with Crippen molar-refractivity contribution in [2.24, 2.45) is 0 Å². The first-order chi connectivity index (χ1) is 18.8. The molecule has 1 aliphatic heterocycles. The van der Waals surface area contributed by atoms with Gasteiger partial charge in [-0.3, -0.25) is 14.5 Å². The Labute approximate surface area is 223 Å². The fourth-order valence-electron chi connectivity index (χ4n) is 5.34. The van der Waals surface area contributed by atoms with Crippen LogP contribution in [0.1, 0.15) is 55.7 Å². The Balaban J connectivity index is 1.56. The molecule has 39 heavy (non-hydrogen) atoms. The summed E-state index contributed by atoms with van der Waals surface area (Å²) in [6.45, 7) is 0. The van der Waals surface area contributed by atoms with Crippen LogP contribution in [0.5, 0.6) is 5.75 Å². The molecule has 2 amide bonds. The van der Waals surface area contributed by atoms with E-state index in [9.17, 15) is 22.8 Å². The Kier molecular flexibility index (Phi) is 7.86. The summed E-state index contributed by atoms with van der Waals surface area (Å²) in [5, 5.41) is 2.99. The van der Waals surface area contributed by atoms with Crippen LogP contribution in [-0.2, 0) is 16.0 Å². The summed E-state index contributed by atoms with van der Waals surface area (Å²) in [6, 6.07) is 10.2. The van der Waals surface area contributed by atoms with Gasteiger partial charge in [0.1, 0.15) is 35.1 Å². The van der Waals surface area contributed by atoms with E-state index >= 15 is 4.39 Å². The van der Waals surface area contributed by atoms with Crippen LogP contribution in [0.15, 0.2) is 60.7 Å². The third-order valence-corrected chi connectivity index (χ3v) is 7.29. The van der Waals surface area contributed by atoms with Gasteiger partial charge < -0.3 is 10.1 Å². The van der Waals surface area contributed by atoms with Gasteiger partial charge >= 0.3 is 0 Å². The lowest BCUT2D eigenvalue weighted by atomic mass is 9.94. The van der Waals surface area contributed by atoms with E-state index in [-0.39, 0.29) is 23.7 Å². The highest BCUT2D eigenvalue weighted by molar-refractivity contribution is 6.03. The first kappa shape index (κ1) is 26.7. The van der Waals surface area contributed by atoms with Gasteiger partial charge in [-0.1, -0.05) is 31.4 Å². The van der Waals surface area contributed by atoms with Crippen molar-refractivity contribution in [2.45, 2.75) is 63.1 Å². The van der Waals surface area contributed by atoms with Gasteiger partial charge in [0.2, 0.25) is 5.91 Å². The topological polar surface area (TPSA) is 58.6 Å². The summed E-state index contributed by atoms with van der Waals surface area (Å²) >= 11 is 0. The summed E-state index contributed by atoms with van der Waals surface area (Å²) in [6.07, 6.45) is 3.81. The lowest BCUT2D eigenvalue weighted by Crippen LogP contribution is -2.51. The van der Waals surface area contributed by atoms with Crippen molar-refractivity contribution in [3.05, 3.63) is 95.1 Å². The molecule has 204 valence electrons. The van der Waals surface area contributed by atoms with E-state index in [1.54, 1.807) is 0 Å². The largest absolute Gasteiger partial charge is 0.480 e. The van der Waals surface area contributed by atoms with Gasteiger partial charge in [-0.25, -0.2) is 17.6 Å². The molecule has 3 aromatic carbocycles. The van der Waals surface area contributed by atoms with Crippen LogP contribution in [0.25, 0.3) is 0 Å². The number of carbonyl (C=O) groups is 2. The van der Waals surface area contributed by atoms with E-state index in [0.717, 1.165) is 61.3 Å². The van der Waals surface area contributed by atoms with E-state index in [4.69, 9.17) is 4.74 Å². The van der Waals surface area contributed by atoms with Crippen LogP contribution in [0, 0.1) is 23.3 Å². The number of benzene rings is 3. The van der Waals surface area contributed by atoms with Crippen molar-refractivity contribution in [1.29, 1.82) is 0 Å². The SMILES string of the molecule is O=C(NC1CCCCC1)C(c1ccc(F)cc1)N(C(=O)C1CCc2cc(F)ccc2O1)c1ccc(F)cc1F. The molecule has 1 saturated carbocycles. The van der Waals surface area contributed by atoms with Gasteiger partial charge in [-0.15, -0.1) is 0 Å². The number of carbonyl (C=O) groups excluding carboxylic acids is 2. The number of ether oxygens (including phenoxy) is 1. The molecular weight excluding hydrogens is 512 g/mol. The summed E-state index contributed by atoms with van der Waals surface area (Å²) < 4.78 is 62.6. The molecule has 5 nitrogen and oxygen atoms in total. The van der Waals surface area contributed by atoms with Gasteiger partial charge in [-0.05, 0) is 79.3 Å². The van der Waals surface area contributed by atoms with Gasteiger partial charge in [0, 0.05) is 12.1 Å². The van der Waals surface area contributed by atoms with Crippen molar-refractivity contribution < 1.29 is 31.9 Å². The average Bonchev–Trinajstić information content (AvgIpc) is 2.93. The minimum atomic E-state index is -1.39. The quantitative estimate of drug-likeness (QED) is 0.381. The van der Waals surface area contributed by atoms with Crippen LogP contribution in [0.4, 0.5) is 23.2 Å². The van der Waals surface area contributed by atoms with Gasteiger partial charge in [0.15, 0.2) is 6.10 Å². The minimum Gasteiger partial charge on any atom is -0.480 e. The fourth-order valence-corrected chi connectivity index (χ4v) is 5.34. The Bertz CT molecular complexity index is 1360. The second-order valence-electron chi connectivity index (χ2n) is 10.00. The molecule has 0 aromatic heterocycles. The van der Waals surface area contributed by atoms with Crippen molar-refractivity contribution in [1.82, 2.24) is 5.32 Å². The van der Waals surface area contributed by atoms with Gasteiger partial charge in [0.05, 0.1) is 5.69 Å². The number of rotatable bonds is 6. The maximum atomic E-state index is 15.3. The highest BCUT2D eigenvalue weighted by Crippen LogP contribution is 2.35. The number of anilines is 1. The number of fused-ring (bicyclic) bond motifs is 1. The molecule has 0 bridgehead atoms. The van der Waals surface area contributed by atoms with E-state index in [1.165, 1.54) is 30.3 Å². The zero-order valence-electron chi connectivity index (χ0n) is 21.1. The van der Waals surface area contributed by atoms with E-state index in [0.29, 0.717) is 23.8 Å². The summed E-state index contributed by atoms with van der Waals surface area (Å²) in [7, 11) is 0. The molecule has 9 heteroatoms. The summed E-state index contributed by atoms with van der Waals surface area (Å²) in [5.41, 5.74) is 0.520. The normalized spacial score (nSPS) is 18.0. The molecule has 2 atom stereocenters. The Morgan fingerprint density at radius 1 is 0.821 bits per heavy atom. The molecular formula is C30H28F4N2O3. The number of nitrogens with zero attached hydrogens (tertiary/aromatic N) is 1. The van der Waals surface area contributed by atoms with E-state index in [2.05, 4.69) is 5.32 Å². The maximum absolute atomic E-state index is 15.3. The average molecular weight is 541 g/mol. The molecule has 0 radical (unpaired) electrons. The first-order valence-electron chi connectivity index (χ1n) is 13.1. The Morgan fingerprint density at radius 2 is 1.49 bits per heavy atom. The van der Waals surface area contributed by atoms with Crippen LogP contribution in [0.3, 0.4) is 0 Å². The van der Waals surface area contributed by atoms with Crippen LogP contribution in [-0.4, -0.2) is 24.0 Å². The number of hydrogen-bond donors (Lipinski definition) is 1. The van der Waals surface area contributed by atoms with Crippen LogP contribution >= 0.6 is 0 Å². The van der Waals surface area contributed by atoms with Crippen molar-refractivity contribution in [3.63, 3.8) is 0 Å². The highest BCUT2D eigenvalue weighted by atomic mass is 19.1. The molecule has 5 rings (SSSR count). The lowest BCUT2D eigenvalue weighted by molar-refractivity contribution is -0.131. The van der Waals surface area contributed by atoms with Crippen molar-refractivity contribution in [2.75, 3.05) is 4.90 Å². The summed E-state index contributed by atoms with van der Waals surface area (Å²) in [4.78, 5) is 28.9. The Hall–Kier alpha value is -3.88. The van der Waals surface area contributed by atoms with Gasteiger partial charge in [0.25, 0.3) is 5.91 Å². The third-order valence-electron chi connectivity index (χ3n) is 7.29. The molecule has 1 aliphatic carbocycles. The van der Waals surface area contributed by atoms with Crippen molar-refractivity contribution >= 4 is 17.5 Å². The maximum Gasteiger partial charge on any atom is 0.269 e. The molecule has 1 N–H and O–H groups in total. The molecule has 2 aliphatic rings. The van der Waals surface area contributed by atoms with Gasteiger partial charge in [-0.2, -0.15) is 0 Å². The molecule has 1 fully saturated rings. The zero-order valence-corrected chi connectivity index (χ0v) is 21.1. The zero-order chi connectivity index (χ0) is 27.5. The van der Waals surface area contributed by atoms with E-state index in [1.807, 2.05) is 0 Å². The molecule has 0 saturated heterocycles. The predicted molar refractivity (Wildman–Crippen MR) is 137 cm³/mol. The summed E-state index contributed by atoms with van der Waals surface area (Å²) in [5.74, 6) is -3.86. The molecule has 3 aromatic rings. The van der Waals surface area contributed by atoms with Crippen LogP contribution < -0.4 is 15.0 Å². The number of halogens is 4. The second kappa shape index (κ2) is 11.5. The number of hydrogen-bond acceptors (Lipinski definition) is 3. The minimum absolute atomic E-state index is 0.128. The highest BCUT2D eigenvalue weighted by Gasteiger charge is 2.40. The molecule has 2 unspecified atom stereocenters. The number of amides is 2. The molecule has 1 heterocycles. The fraction of sp³-hybridized carbons (Fsp3) is 0.333.